The molecule has 0 saturated heterocycles. The highest BCUT2D eigenvalue weighted by atomic mass is 32.2. The van der Waals surface area contributed by atoms with Gasteiger partial charge in [0, 0.05) is 31.1 Å². The van der Waals surface area contributed by atoms with Crippen LogP contribution in [0.2, 0.25) is 0 Å². The van der Waals surface area contributed by atoms with E-state index >= 15 is 0 Å². The monoisotopic (exact) mass is 263 g/mol. The fourth-order valence-corrected chi connectivity index (χ4v) is 3.12. The van der Waals surface area contributed by atoms with Crippen molar-refractivity contribution >= 4 is 33.0 Å². The third-order valence-electron chi connectivity index (χ3n) is 1.78. The van der Waals surface area contributed by atoms with Crippen LogP contribution in [0.5, 0.6) is 0 Å². The Hall–Kier alpha value is -1.12. The van der Waals surface area contributed by atoms with Gasteiger partial charge in [0.25, 0.3) is 0 Å². The first-order chi connectivity index (χ1) is 7.45. The van der Waals surface area contributed by atoms with Gasteiger partial charge >= 0.3 is 0 Å². The molecule has 0 unspecified atom stereocenters. The lowest BCUT2D eigenvalue weighted by atomic mass is 10.4. The molecule has 1 heterocycles. The molecular weight excluding hydrogens is 250 g/mol. The highest BCUT2D eigenvalue weighted by Crippen LogP contribution is 2.20. The highest BCUT2D eigenvalue weighted by Gasteiger charge is 2.15. The Labute approximate surface area is 97.9 Å². The summed E-state index contributed by atoms with van der Waals surface area (Å²) in [4.78, 5) is 10.9. The van der Waals surface area contributed by atoms with Crippen molar-refractivity contribution < 1.29 is 13.2 Å². The zero-order valence-electron chi connectivity index (χ0n) is 8.69. The second kappa shape index (κ2) is 5.28. The summed E-state index contributed by atoms with van der Waals surface area (Å²) in [7, 11) is -2.04. The molecule has 1 aromatic heterocycles. The minimum Gasteiger partial charge on any atom is -0.398 e. The molecule has 0 saturated carbocycles. The smallest absolute Gasteiger partial charge is 0.250 e. The minimum atomic E-state index is -3.53. The number of carbonyl (C=O) groups excluding carboxylic acids is 1. The fraction of sp³-hybridized carbons (Fsp3) is 0.375. The van der Waals surface area contributed by atoms with Crippen molar-refractivity contribution in [2.75, 3.05) is 19.3 Å². The number of thiophene rings is 1. The highest BCUT2D eigenvalue weighted by molar-refractivity contribution is 7.91. The number of amides is 1. The molecule has 0 aliphatic rings. The van der Waals surface area contributed by atoms with Crippen LogP contribution in [0.4, 0.5) is 5.69 Å². The molecule has 90 valence electrons. The maximum absolute atomic E-state index is 11.6. The summed E-state index contributed by atoms with van der Waals surface area (Å²) in [5, 5.41) is 3.95. The Morgan fingerprint density at radius 2 is 2.25 bits per heavy atom. The van der Waals surface area contributed by atoms with Gasteiger partial charge in [-0.25, -0.2) is 13.1 Å². The topological polar surface area (TPSA) is 101 Å². The van der Waals surface area contributed by atoms with Crippen LogP contribution < -0.4 is 15.8 Å². The average Bonchev–Trinajstić information content (AvgIpc) is 2.65. The van der Waals surface area contributed by atoms with E-state index in [1.807, 2.05) is 0 Å². The van der Waals surface area contributed by atoms with Crippen LogP contribution in [0.15, 0.2) is 15.7 Å². The van der Waals surface area contributed by atoms with Crippen LogP contribution in [0.1, 0.15) is 6.42 Å². The summed E-state index contributed by atoms with van der Waals surface area (Å²) in [6.07, 6.45) is 0.108. The van der Waals surface area contributed by atoms with Crippen LogP contribution in [0, 0.1) is 0 Å². The molecule has 0 aliphatic carbocycles. The Morgan fingerprint density at radius 1 is 1.56 bits per heavy atom. The van der Waals surface area contributed by atoms with Crippen LogP contribution >= 0.6 is 11.3 Å². The van der Waals surface area contributed by atoms with Crippen molar-refractivity contribution in [3.05, 3.63) is 11.4 Å². The van der Waals surface area contributed by atoms with E-state index in [4.69, 9.17) is 5.73 Å². The van der Waals surface area contributed by atoms with Gasteiger partial charge in [-0.15, -0.1) is 11.3 Å². The van der Waals surface area contributed by atoms with Crippen molar-refractivity contribution in [2.24, 2.45) is 0 Å². The first-order valence-corrected chi connectivity index (χ1v) is 6.86. The number of sulfonamides is 1. The molecule has 4 N–H and O–H groups in total. The van der Waals surface area contributed by atoms with E-state index < -0.39 is 10.0 Å². The predicted molar refractivity (Wildman–Crippen MR) is 62.6 cm³/mol. The molecule has 1 aromatic rings. The van der Waals surface area contributed by atoms with Crippen LogP contribution in [-0.4, -0.2) is 27.9 Å². The van der Waals surface area contributed by atoms with Gasteiger partial charge in [-0.2, -0.15) is 0 Å². The number of carbonyl (C=O) groups is 1. The van der Waals surface area contributed by atoms with Crippen LogP contribution in [0.3, 0.4) is 0 Å². The number of nitrogens with one attached hydrogen (secondary N) is 2. The number of rotatable bonds is 5. The van der Waals surface area contributed by atoms with Gasteiger partial charge in [-0.05, 0) is 6.07 Å². The second-order valence-electron chi connectivity index (χ2n) is 3.02. The Bertz CT molecular complexity index is 467. The molecule has 0 fully saturated rings. The quantitative estimate of drug-likeness (QED) is 0.681. The molecule has 0 radical (unpaired) electrons. The SMILES string of the molecule is CNC(=O)CCNS(=O)(=O)c1cc(N)cs1. The third kappa shape index (κ3) is 3.47. The molecule has 0 aromatic carbocycles. The number of anilines is 1. The lowest BCUT2D eigenvalue weighted by Crippen LogP contribution is -2.28. The first-order valence-electron chi connectivity index (χ1n) is 4.50. The van der Waals surface area contributed by atoms with Gasteiger partial charge < -0.3 is 11.1 Å². The van der Waals surface area contributed by atoms with Crippen molar-refractivity contribution in [2.45, 2.75) is 10.6 Å². The van der Waals surface area contributed by atoms with Crippen molar-refractivity contribution in [1.82, 2.24) is 10.0 Å². The normalized spacial score (nSPS) is 11.3. The van der Waals surface area contributed by atoms with E-state index in [-0.39, 0.29) is 23.1 Å². The van der Waals surface area contributed by atoms with E-state index in [1.54, 1.807) is 5.38 Å². The van der Waals surface area contributed by atoms with Crippen molar-refractivity contribution in [3.8, 4) is 0 Å². The molecular formula is C8H13N3O3S2. The van der Waals surface area contributed by atoms with E-state index in [1.165, 1.54) is 13.1 Å². The number of hydrogen-bond acceptors (Lipinski definition) is 5. The van der Waals surface area contributed by atoms with Gasteiger partial charge in [0.2, 0.25) is 15.9 Å². The summed E-state index contributed by atoms with van der Waals surface area (Å²) in [6.45, 7) is 0.0693. The lowest BCUT2D eigenvalue weighted by molar-refractivity contribution is -0.120. The van der Waals surface area contributed by atoms with Crippen LogP contribution in [-0.2, 0) is 14.8 Å². The Morgan fingerprint density at radius 3 is 2.75 bits per heavy atom. The standard InChI is InChI=1S/C8H13N3O3S2/c1-10-7(12)2-3-11-16(13,14)8-4-6(9)5-15-8/h4-5,11H,2-3,9H2,1H3,(H,10,12). The van der Waals surface area contributed by atoms with Gasteiger partial charge in [-0.1, -0.05) is 0 Å². The number of nitrogen functional groups attached to an aromatic ring is 1. The summed E-state index contributed by atoms with van der Waals surface area (Å²) in [6, 6.07) is 1.38. The van der Waals surface area contributed by atoms with E-state index in [0.29, 0.717) is 5.69 Å². The molecule has 1 amide bonds. The fourth-order valence-electron chi connectivity index (χ4n) is 0.966. The molecule has 0 aliphatic heterocycles. The predicted octanol–water partition coefficient (Wildman–Crippen LogP) is -0.255. The van der Waals surface area contributed by atoms with Gasteiger partial charge in [0.15, 0.2) is 0 Å². The maximum Gasteiger partial charge on any atom is 0.250 e. The van der Waals surface area contributed by atoms with Crippen molar-refractivity contribution in [3.63, 3.8) is 0 Å². The zero-order valence-corrected chi connectivity index (χ0v) is 10.3. The molecule has 0 spiro atoms. The van der Waals surface area contributed by atoms with Gasteiger partial charge in [0.05, 0.1) is 0 Å². The minimum absolute atomic E-state index is 0.0693. The molecule has 0 bridgehead atoms. The molecule has 6 nitrogen and oxygen atoms in total. The van der Waals surface area contributed by atoms with E-state index in [9.17, 15) is 13.2 Å². The summed E-state index contributed by atoms with van der Waals surface area (Å²) in [5.74, 6) is -0.214. The molecule has 1 rings (SSSR count). The van der Waals surface area contributed by atoms with E-state index in [2.05, 4.69) is 10.0 Å². The van der Waals surface area contributed by atoms with Gasteiger partial charge in [-0.3, -0.25) is 4.79 Å². The average molecular weight is 263 g/mol. The Balaban J connectivity index is 2.56. The largest absolute Gasteiger partial charge is 0.398 e. The number of hydrogen-bond donors (Lipinski definition) is 3. The molecule has 16 heavy (non-hydrogen) atoms. The molecule has 0 atom stereocenters. The summed E-state index contributed by atoms with van der Waals surface area (Å²) >= 11 is 1.05. The van der Waals surface area contributed by atoms with Crippen molar-refractivity contribution in [1.29, 1.82) is 0 Å². The van der Waals surface area contributed by atoms with Crippen LogP contribution in [0.25, 0.3) is 0 Å². The van der Waals surface area contributed by atoms with Gasteiger partial charge in [0.1, 0.15) is 4.21 Å². The maximum atomic E-state index is 11.6. The van der Waals surface area contributed by atoms with E-state index in [0.717, 1.165) is 11.3 Å². The Kier molecular flexibility index (Phi) is 4.27. The zero-order chi connectivity index (χ0) is 12.2. The first kappa shape index (κ1) is 12.9. The summed E-state index contributed by atoms with van der Waals surface area (Å²) in [5.41, 5.74) is 5.84. The molecule has 8 heteroatoms. The number of nitrogens with two attached hydrogens (primary N) is 1. The summed E-state index contributed by atoms with van der Waals surface area (Å²) < 4.78 is 25.7. The third-order valence-corrected chi connectivity index (χ3v) is 4.70. The second-order valence-corrected chi connectivity index (χ2v) is 5.93. The lowest BCUT2D eigenvalue weighted by Gasteiger charge is -2.03.